The molecule has 0 fully saturated rings. The molecule has 0 spiro atoms. The summed E-state index contributed by atoms with van der Waals surface area (Å²) in [5.74, 6) is 0. The Morgan fingerprint density at radius 2 is 0.600 bits per heavy atom. The van der Waals surface area contributed by atoms with Gasteiger partial charge in [-0.3, -0.25) is 14.6 Å². The predicted octanol–water partition coefficient (Wildman–Crippen LogP) is -8.66. The largest absolute Gasteiger partial charge is 4.00 e. The zero-order valence-corrected chi connectivity index (χ0v) is 12.1. The van der Waals surface area contributed by atoms with Gasteiger partial charge in [-0.25, -0.2) is 0 Å². The van der Waals surface area contributed by atoms with Gasteiger partial charge >= 0.3 is 72.8 Å². The van der Waals surface area contributed by atoms with Crippen molar-refractivity contribution >= 4 is 87.4 Å². The predicted molar refractivity (Wildman–Crippen MR) is 23.0 cm³/mol. The minimum atomic E-state index is -2.92. The van der Waals surface area contributed by atoms with E-state index in [0.29, 0.717) is 0 Å². The number of hydrogen-bond acceptors (Lipinski definition) is 6. The molecule has 0 atom stereocenters. The Hall–Kier alpha value is 2.26. The van der Waals surface area contributed by atoms with Gasteiger partial charge in [0.25, 0.3) is 0 Å². The molecule has 0 radical (unpaired) electrons. The van der Waals surface area contributed by atoms with Gasteiger partial charge in [0.05, 0.1) is 0 Å². The summed E-state index contributed by atoms with van der Waals surface area (Å²) in [7, 11) is -5.83. The molecule has 10 heavy (non-hydrogen) atoms. The summed E-state index contributed by atoms with van der Waals surface area (Å²) in [6, 6.07) is 0. The summed E-state index contributed by atoms with van der Waals surface area (Å²) in [6.07, 6.45) is 0. The number of hydrogen-bond donors (Lipinski definition) is 0. The summed E-state index contributed by atoms with van der Waals surface area (Å²) in [5.41, 5.74) is 0. The zero-order chi connectivity index (χ0) is 7.15. The molecule has 0 N–H and O–H groups in total. The molecule has 0 aromatic carbocycles. The monoisotopic (exact) mass is 376 g/mol. The molecule has 0 aliphatic rings. The first-order valence-electron chi connectivity index (χ1n) is 1.41. The van der Waals surface area contributed by atoms with Gasteiger partial charge in [-0.15, -0.1) is 0 Å². The van der Waals surface area contributed by atoms with E-state index in [1.165, 1.54) is 0 Å². The molecule has 0 saturated heterocycles. The van der Waals surface area contributed by atoms with Gasteiger partial charge in [0.1, 0.15) is 0 Å². The van der Waals surface area contributed by atoms with Crippen LogP contribution >= 0.6 is 0 Å². The SMILES string of the molecule is [Ba+2].[O-]B([O-])[O-].[O-]B([O-])[O-].[Sn+4]. The third kappa shape index (κ3) is 172. The van der Waals surface area contributed by atoms with Crippen LogP contribution in [0.1, 0.15) is 0 Å². The molecule has 0 bridgehead atoms. The van der Waals surface area contributed by atoms with E-state index in [1.54, 1.807) is 0 Å². The summed E-state index contributed by atoms with van der Waals surface area (Å²) < 4.78 is 0. The van der Waals surface area contributed by atoms with Crippen molar-refractivity contribution in [2.45, 2.75) is 0 Å². The minimum Gasteiger partial charge on any atom is -0.907 e. The second kappa shape index (κ2) is 17.4. The topological polar surface area (TPSA) is 138 Å². The van der Waals surface area contributed by atoms with E-state index < -0.39 is 14.6 Å². The van der Waals surface area contributed by atoms with Crippen LogP contribution in [0.5, 0.6) is 0 Å². The van der Waals surface area contributed by atoms with E-state index in [0.717, 1.165) is 0 Å². The van der Waals surface area contributed by atoms with Crippen molar-refractivity contribution in [1.29, 1.82) is 0 Å². The fourth-order valence-electron chi connectivity index (χ4n) is 0. The summed E-state index contributed by atoms with van der Waals surface area (Å²) in [5, 5.41) is 50.5. The van der Waals surface area contributed by atoms with Gasteiger partial charge in [-0.1, -0.05) is 0 Å². The van der Waals surface area contributed by atoms with E-state index in [9.17, 15) is 0 Å². The van der Waals surface area contributed by atoms with Crippen molar-refractivity contribution in [2.24, 2.45) is 0 Å². The van der Waals surface area contributed by atoms with Crippen molar-refractivity contribution in [3.8, 4) is 0 Å². The van der Waals surface area contributed by atoms with Gasteiger partial charge in [-0.05, 0) is 0 Å². The van der Waals surface area contributed by atoms with Gasteiger partial charge in [0.2, 0.25) is 0 Å². The first-order valence-corrected chi connectivity index (χ1v) is 1.41. The summed E-state index contributed by atoms with van der Waals surface area (Å²) in [4.78, 5) is 0. The minimum absolute atomic E-state index is 0. The van der Waals surface area contributed by atoms with Crippen molar-refractivity contribution in [3.63, 3.8) is 0 Å². The molecule has 0 aliphatic heterocycles. The molecule has 0 amide bonds. The first-order chi connectivity index (χ1) is 3.46. The molecule has 0 saturated carbocycles. The van der Waals surface area contributed by atoms with E-state index in [-0.39, 0.29) is 72.8 Å². The smallest absolute Gasteiger partial charge is 0.907 e. The van der Waals surface area contributed by atoms with Gasteiger partial charge < -0.3 is 30.1 Å². The molecule has 0 aromatic rings. The normalized spacial score (nSPS) is 5.40. The Morgan fingerprint density at radius 1 is 0.600 bits per heavy atom. The molecular weight excluding hydrogens is 374 g/mol. The molecule has 48 valence electrons. The van der Waals surface area contributed by atoms with E-state index in [1.807, 2.05) is 0 Å². The Balaban J connectivity index is -0.0000000300. The van der Waals surface area contributed by atoms with Crippen molar-refractivity contribution in [3.05, 3.63) is 0 Å². The zero-order valence-electron chi connectivity index (χ0n) is 4.81. The van der Waals surface area contributed by atoms with Crippen LogP contribution < -0.4 is 30.1 Å². The average Bonchev–Trinajstić information content (AvgIpc) is 1.25. The molecule has 0 aliphatic carbocycles. The summed E-state index contributed by atoms with van der Waals surface area (Å²) >= 11 is 0. The first kappa shape index (κ1) is 22.8. The van der Waals surface area contributed by atoms with Crippen LogP contribution in [0.25, 0.3) is 0 Å². The fraction of sp³-hybridized carbons (Fsp3) is 0. The molecule has 6 nitrogen and oxygen atoms in total. The fourth-order valence-corrected chi connectivity index (χ4v) is 0. The quantitative estimate of drug-likeness (QED) is 0.386. The van der Waals surface area contributed by atoms with Crippen molar-refractivity contribution in [1.82, 2.24) is 0 Å². The third-order valence-electron chi connectivity index (χ3n) is 0. The maximum atomic E-state index is 8.42. The third-order valence-corrected chi connectivity index (χ3v) is 0. The van der Waals surface area contributed by atoms with Crippen molar-refractivity contribution < 1.29 is 30.1 Å². The molecule has 10 heteroatoms. The molecular formula is B2BaO6Sn. The summed E-state index contributed by atoms with van der Waals surface area (Å²) in [6.45, 7) is 0. The van der Waals surface area contributed by atoms with Crippen LogP contribution in [0.2, 0.25) is 0 Å². The second-order valence-corrected chi connectivity index (χ2v) is 0.577. The van der Waals surface area contributed by atoms with Gasteiger partial charge in [-0.2, -0.15) is 0 Å². The van der Waals surface area contributed by atoms with Crippen LogP contribution in [0.4, 0.5) is 0 Å². The van der Waals surface area contributed by atoms with Crippen LogP contribution in [0.3, 0.4) is 0 Å². The Morgan fingerprint density at radius 3 is 0.600 bits per heavy atom. The second-order valence-electron chi connectivity index (χ2n) is 0.577. The Bertz CT molecular complexity index is 31.2. The van der Waals surface area contributed by atoms with Crippen LogP contribution in [0.15, 0.2) is 0 Å². The van der Waals surface area contributed by atoms with Gasteiger partial charge in [0, 0.05) is 0 Å². The standard InChI is InChI=1S/2BO3.Ba.Sn/c2*2-1(3)4;;/q2*-3;+2;+4. The number of rotatable bonds is 0. The maximum Gasteiger partial charge on any atom is 4.00 e. The Kier molecular flexibility index (Phi) is 39.6. The van der Waals surface area contributed by atoms with Gasteiger partial charge in [0.15, 0.2) is 0 Å². The van der Waals surface area contributed by atoms with Crippen LogP contribution in [-0.4, -0.2) is 87.4 Å². The van der Waals surface area contributed by atoms with Crippen molar-refractivity contribution in [2.75, 3.05) is 0 Å². The van der Waals surface area contributed by atoms with E-state index in [2.05, 4.69) is 0 Å². The van der Waals surface area contributed by atoms with Crippen LogP contribution in [-0.2, 0) is 0 Å². The molecule has 0 unspecified atom stereocenters. The molecule has 0 heterocycles. The average molecular weight is 374 g/mol. The Labute approximate surface area is 116 Å². The molecule has 0 aromatic heterocycles. The molecule has 0 rings (SSSR count). The van der Waals surface area contributed by atoms with Crippen LogP contribution in [0, 0.1) is 0 Å². The maximum absolute atomic E-state index is 8.42. The van der Waals surface area contributed by atoms with E-state index >= 15 is 0 Å². The van der Waals surface area contributed by atoms with E-state index in [4.69, 9.17) is 30.1 Å².